The van der Waals surface area contributed by atoms with Crippen LogP contribution >= 0.6 is 6.49 Å². The number of nitrogens with one attached hydrogen (secondary N) is 2. The molecule has 0 aromatic carbocycles. The van der Waals surface area contributed by atoms with Crippen LogP contribution in [0.25, 0.3) is 0 Å². The van der Waals surface area contributed by atoms with Crippen molar-refractivity contribution in [3.8, 4) is 0 Å². The zero-order valence-corrected chi connectivity index (χ0v) is 10.5. The molecule has 88 valence electrons. The standard InChI is InChI=1S/C8H18N3O2PS/c1-2-3-6-10-14(9,15)11-7-4-5-8(12)13/h4-5H,2-3,6-7H2,1H3,(H,12,13)(H4,9,10,11,15)/b5-4-. The van der Waals surface area contributed by atoms with Crippen molar-refractivity contribution in [2.45, 2.75) is 19.8 Å². The van der Waals surface area contributed by atoms with Gasteiger partial charge >= 0.3 is 5.97 Å². The normalized spacial score (nSPS) is 15.3. The predicted molar refractivity (Wildman–Crippen MR) is 66.2 cm³/mol. The highest BCUT2D eigenvalue weighted by Crippen LogP contribution is 2.23. The summed E-state index contributed by atoms with van der Waals surface area (Å²) in [6.07, 6.45) is 4.66. The number of rotatable bonds is 8. The Morgan fingerprint density at radius 2 is 2.27 bits per heavy atom. The van der Waals surface area contributed by atoms with Crippen LogP contribution in [0.2, 0.25) is 0 Å². The minimum Gasteiger partial charge on any atom is -0.478 e. The van der Waals surface area contributed by atoms with E-state index in [-0.39, 0.29) is 0 Å². The molecule has 0 fully saturated rings. The Hall–Kier alpha value is -0.260. The van der Waals surface area contributed by atoms with Crippen molar-refractivity contribution in [3.05, 3.63) is 12.2 Å². The smallest absolute Gasteiger partial charge is 0.328 e. The number of carboxylic acid groups (broad SMARTS) is 1. The van der Waals surface area contributed by atoms with E-state index in [1.807, 2.05) is 0 Å². The molecule has 0 saturated carbocycles. The summed E-state index contributed by atoms with van der Waals surface area (Å²) in [5, 5.41) is 14.3. The van der Waals surface area contributed by atoms with Crippen molar-refractivity contribution in [2.75, 3.05) is 13.1 Å². The van der Waals surface area contributed by atoms with Gasteiger partial charge in [0.25, 0.3) is 0 Å². The van der Waals surface area contributed by atoms with Gasteiger partial charge in [-0.05, 0) is 18.2 Å². The molecule has 0 aliphatic heterocycles. The van der Waals surface area contributed by atoms with E-state index in [2.05, 4.69) is 17.1 Å². The summed E-state index contributed by atoms with van der Waals surface area (Å²) in [6, 6.07) is 0. The SMILES string of the molecule is CCCCNP(N)(=S)NC/C=C\C(=O)O. The van der Waals surface area contributed by atoms with Crippen LogP contribution in [0.3, 0.4) is 0 Å². The van der Waals surface area contributed by atoms with Crippen molar-refractivity contribution >= 4 is 24.3 Å². The summed E-state index contributed by atoms with van der Waals surface area (Å²) in [6.45, 7) is 1.06. The summed E-state index contributed by atoms with van der Waals surface area (Å²) >= 11 is 5.12. The van der Waals surface area contributed by atoms with Crippen molar-refractivity contribution in [2.24, 2.45) is 5.50 Å². The Labute approximate surface area is 95.3 Å². The first-order valence-electron chi connectivity index (χ1n) is 4.76. The monoisotopic (exact) mass is 251 g/mol. The molecule has 1 atom stereocenters. The summed E-state index contributed by atoms with van der Waals surface area (Å²) in [5.41, 5.74) is 5.80. The van der Waals surface area contributed by atoms with Gasteiger partial charge < -0.3 is 5.11 Å². The van der Waals surface area contributed by atoms with Gasteiger partial charge in [-0.2, -0.15) is 0 Å². The van der Waals surface area contributed by atoms with Gasteiger partial charge in [-0.25, -0.2) is 4.79 Å². The lowest BCUT2D eigenvalue weighted by Gasteiger charge is -2.18. The lowest BCUT2D eigenvalue weighted by Crippen LogP contribution is -2.28. The molecule has 5 nitrogen and oxygen atoms in total. The van der Waals surface area contributed by atoms with Crippen molar-refractivity contribution < 1.29 is 9.90 Å². The molecule has 0 radical (unpaired) electrons. The molecule has 0 aromatic rings. The van der Waals surface area contributed by atoms with Crippen LogP contribution in [0.15, 0.2) is 12.2 Å². The van der Waals surface area contributed by atoms with Crippen LogP contribution in [0.5, 0.6) is 0 Å². The Kier molecular flexibility index (Phi) is 7.82. The van der Waals surface area contributed by atoms with E-state index in [0.29, 0.717) is 6.54 Å². The second-order valence-corrected chi connectivity index (χ2v) is 6.70. The average molecular weight is 251 g/mol. The molecule has 0 aromatic heterocycles. The Morgan fingerprint density at radius 1 is 1.60 bits per heavy atom. The maximum absolute atomic E-state index is 10.2. The van der Waals surface area contributed by atoms with Gasteiger partial charge in [-0.1, -0.05) is 19.4 Å². The van der Waals surface area contributed by atoms with Gasteiger partial charge in [-0.15, -0.1) is 0 Å². The fourth-order valence-corrected chi connectivity index (χ4v) is 2.30. The van der Waals surface area contributed by atoms with Crippen LogP contribution in [0.1, 0.15) is 19.8 Å². The molecule has 0 saturated heterocycles. The van der Waals surface area contributed by atoms with Gasteiger partial charge in [0.1, 0.15) is 6.49 Å². The fraction of sp³-hybridized carbons (Fsp3) is 0.625. The minimum absolute atomic E-state index is 0.374. The molecule has 7 heteroatoms. The number of hydrogen-bond donors (Lipinski definition) is 4. The van der Waals surface area contributed by atoms with Crippen LogP contribution in [0, 0.1) is 0 Å². The quantitative estimate of drug-likeness (QED) is 0.290. The highest BCUT2D eigenvalue weighted by molar-refractivity contribution is 8.11. The average Bonchev–Trinajstić information content (AvgIpc) is 2.13. The van der Waals surface area contributed by atoms with E-state index in [4.69, 9.17) is 22.4 Å². The van der Waals surface area contributed by atoms with Crippen molar-refractivity contribution in [1.82, 2.24) is 10.2 Å². The lowest BCUT2D eigenvalue weighted by atomic mass is 10.3. The molecule has 0 heterocycles. The highest BCUT2D eigenvalue weighted by atomic mass is 32.4. The first-order valence-corrected chi connectivity index (χ1v) is 7.63. The largest absolute Gasteiger partial charge is 0.478 e. The van der Waals surface area contributed by atoms with E-state index in [1.165, 1.54) is 6.08 Å². The third kappa shape index (κ3) is 10.0. The molecule has 15 heavy (non-hydrogen) atoms. The van der Waals surface area contributed by atoms with Crippen LogP contribution in [-0.2, 0) is 16.6 Å². The van der Waals surface area contributed by atoms with Gasteiger partial charge in [0, 0.05) is 19.2 Å². The third-order valence-corrected chi connectivity index (χ3v) is 3.70. The van der Waals surface area contributed by atoms with Crippen LogP contribution < -0.4 is 15.7 Å². The van der Waals surface area contributed by atoms with Crippen LogP contribution in [-0.4, -0.2) is 24.2 Å². The van der Waals surface area contributed by atoms with E-state index in [0.717, 1.165) is 25.5 Å². The Bertz CT molecular complexity index is 271. The molecular weight excluding hydrogens is 233 g/mol. The molecule has 0 aliphatic carbocycles. The fourth-order valence-electron chi connectivity index (χ4n) is 0.826. The Balaban J connectivity index is 3.73. The molecule has 0 amide bonds. The summed E-state index contributed by atoms with van der Waals surface area (Å²) in [5.74, 6) is -0.971. The molecule has 1 unspecified atom stereocenters. The maximum atomic E-state index is 10.2. The topological polar surface area (TPSA) is 87.4 Å². The van der Waals surface area contributed by atoms with Gasteiger partial charge in [-0.3, -0.25) is 15.7 Å². The first kappa shape index (κ1) is 14.7. The van der Waals surface area contributed by atoms with E-state index >= 15 is 0 Å². The first-order chi connectivity index (χ1) is 6.98. The van der Waals surface area contributed by atoms with E-state index in [1.54, 1.807) is 0 Å². The number of nitrogens with two attached hydrogens (primary N) is 1. The molecule has 0 bridgehead atoms. The zero-order valence-electron chi connectivity index (χ0n) is 8.77. The van der Waals surface area contributed by atoms with E-state index < -0.39 is 12.5 Å². The minimum atomic E-state index is -2.19. The summed E-state index contributed by atoms with van der Waals surface area (Å²) in [4.78, 5) is 10.2. The summed E-state index contributed by atoms with van der Waals surface area (Å²) in [7, 11) is 0. The second kappa shape index (κ2) is 7.96. The van der Waals surface area contributed by atoms with E-state index in [9.17, 15) is 4.79 Å². The van der Waals surface area contributed by atoms with Gasteiger partial charge in [0.05, 0.1) is 0 Å². The number of unbranched alkanes of at least 4 members (excludes halogenated alkanes) is 1. The molecular formula is C8H18N3O2PS. The highest BCUT2D eigenvalue weighted by Gasteiger charge is 2.06. The van der Waals surface area contributed by atoms with Crippen molar-refractivity contribution in [3.63, 3.8) is 0 Å². The van der Waals surface area contributed by atoms with Gasteiger partial charge in [0.15, 0.2) is 0 Å². The summed E-state index contributed by atoms with van der Waals surface area (Å²) < 4.78 is 0. The van der Waals surface area contributed by atoms with Gasteiger partial charge in [0.2, 0.25) is 0 Å². The zero-order chi connectivity index (χ0) is 11.7. The van der Waals surface area contributed by atoms with Crippen molar-refractivity contribution in [1.29, 1.82) is 0 Å². The number of carboxylic acids is 1. The molecule has 0 rings (SSSR count). The lowest BCUT2D eigenvalue weighted by molar-refractivity contribution is -0.131. The van der Waals surface area contributed by atoms with Crippen LogP contribution in [0.4, 0.5) is 0 Å². The molecule has 5 N–H and O–H groups in total. The Morgan fingerprint density at radius 3 is 2.80 bits per heavy atom. The third-order valence-electron chi connectivity index (χ3n) is 1.58. The molecule has 0 aliphatic rings. The number of aliphatic carboxylic acids is 1. The molecule has 0 spiro atoms. The maximum Gasteiger partial charge on any atom is 0.328 e. The number of hydrogen-bond acceptors (Lipinski definition) is 2. The predicted octanol–water partition coefficient (Wildman–Crippen LogP) is 0.790. The second-order valence-electron chi connectivity index (χ2n) is 3.02. The number of carbonyl (C=O) groups is 1.